The van der Waals surface area contributed by atoms with Crippen LogP contribution < -0.4 is 9.46 Å². The molecular weight excluding hydrogens is 384 g/mol. The van der Waals surface area contributed by atoms with Gasteiger partial charge in [-0.25, -0.2) is 13.1 Å². The third kappa shape index (κ3) is 5.54. The van der Waals surface area contributed by atoms with E-state index in [0.717, 1.165) is 17.7 Å². The first-order chi connectivity index (χ1) is 12.9. The van der Waals surface area contributed by atoms with Gasteiger partial charge in [-0.15, -0.1) is 11.3 Å². The van der Waals surface area contributed by atoms with E-state index in [2.05, 4.69) is 4.72 Å². The second-order valence-electron chi connectivity index (χ2n) is 6.64. The smallest absolute Gasteiger partial charge is 0.260 e. The molecule has 2 aromatic rings. The normalized spacial score (nSPS) is 15.7. The first-order valence-corrected chi connectivity index (χ1v) is 11.3. The third-order valence-corrected chi connectivity index (χ3v) is 7.53. The minimum absolute atomic E-state index is 0.0268. The molecule has 1 aromatic heterocycles. The molecule has 1 N–H and O–H groups in total. The fourth-order valence-electron chi connectivity index (χ4n) is 2.99. The summed E-state index contributed by atoms with van der Waals surface area (Å²) in [6.45, 7) is 3.57. The second kappa shape index (κ2) is 8.86. The van der Waals surface area contributed by atoms with Gasteiger partial charge in [-0.1, -0.05) is 18.2 Å². The van der Waals surface area contributed by atoms with E-state index in [9.17, 15) is 13.2 Å². The number of piperidine rings is 1. The molecular formula is C19H24N2O4S2. The standard InChI is InChI=1S/C19H24N2O4S2/c1-15-7-8-19(26-15)27(23,24)20-13-16-9-11-21(12-10-16)18(22)14-25-17-5-3-2-4-6-17/h2-8,16,20H,9-14H2,1H3. The van der Waals surface area contributed by atoms with Crippen molar-refractivity contribution in [2.75, 3.05) is 26.2 Å². The molecule has 27 heavy (non-hydrogen) atoms. The minimum Gasteiger partial charge on any atom is -0.484 e. The molecule has 3 rings (SSSR count). The highest BCUT2D eigenvalue weighted by atomic mass is 32.2. The number of nitrogens with one attached hydrogen (secondary N) is 1. The topological polar surface area (TPSA) is 75.7 Å². The predicted octanol–water partition coefficient (Wildman–Crippen LogP) is 2.65. The van der Waals surface area contributed by atoms with Gasteiger partial charge in [0.15, 0.2) is 6.61 Å². The summed E-state index contributed by atoms with van der Waals surface area (Å²) in [4.78, 5) is 15.0. The number of hydrogen-bond acceptors (Lipinski definition) is 5. The Kier molecular flexibility index (Phi) is 6.51. The highest BCUT2D eigenvalue weighted by Crippen LogP contribution is 2.22. The number of benzene rings is 1. The summed E-state index contributed by atoms with van der Waals surface area (Å²) >= 11 is 1.27. The third-order valence-electron chi connectivity index (χ3n) is 4.62. The lowest BCUT2D eigenvalue weighted by Crippen LogP contribution is -2.43. The number of likely N-dealkylation sites (tertiary alicyclic amines) is 1. The van der Waals surface area contributed by atoms with Gasteiger partial charge in [0.2, 0.25) is 10.0 Å². The number of amides is 1. The van der Waals surface area contributed by atoms with Crippen LogP contribution in [0.4, 0.5) is 0 Å². The van der Waals surface area contributed by atoms with E-state index >= 15 is 0 Å². The van der Waals surface area contributed by atoms with Crippen LogP contribution in [-0.2, 0) is 14.8 Å². The lowest BCUT2D eigenvalue weighted by molar-refractivity contribution is -0.134. The molecule has 0 saturated carbocycles. The van der Waals surface area contributed by atoms with Gasteiger partial charge >= 0.3 is 0 Å². The number of sulfonamides is 1. The maximum absolute atomic E-state index is 12.3. The lowest BCUT2D eigenvalue weighted by atomic mass is 9.97. The molecule has 2 heterocycles. The van der Waals surface area contributed by atoms with Crippen LogP contribution >= 0.6 is 11.3 Å². The Hall–Kier alpha value is -1.90. The summed E-state index contributed by atoms with van der Waals surface area (Å²) in [5, 5.41) is 0. The molecule has 1 aromatic carbocycles. The molecule has 6 nitrogen and oxygen atoms in total. The maximum atomic E-state index is 12.3. The van der Waals surface area contributed by atoms with Crippen molar-refractivity contribution in [1.29, 1.82) is 0 Å². The van der Waals surface area contributed by atoms with Crippen molar-refractivity contribution in [1.82, 2.24) is 9.62 Å². The summed E-state index contributed by atoms with van der Waals surface area (Å²) in [6.07, 6.45) is 1.56. The van der Waals surface area contributed by atoms with E-state index in [1.807, 2.05) is 37.3 Å². The van der Waals surface area contributed by atoms with Gasteiger partial charge in [0.05, 0.1) is 0 Å². The van der Waals surface area contributed by atoms with Gasteiger partial charge in [-0.2, -0.15) is 0 Å². The molecule has 1 amide bonds. The molecule has 0 spiro atoms. The summed E-state index contributed by atoms with van der Waals surface area (Å²) in [5.74, 6) is 0.880. The molecule has 8 heteroatoms. The number of carbonyl (C=O) groups excluding carboxylic acids is 1. The van der Waals surface area contributed by atoms with Gasteiger partial charge in [0.25, 0.3) is 5.91 Å². The monoisotopic (exact) mass is 408 g/mol. The number of aryl methyl sites for hydroxylation is 1. The van der Waals surface area contributed by atoms with E-state index in [1.54, 1.807) is 17.0 Å². The highest BCUT2D eigenvalue weighted by molar-refractivity contribution is 7.91. The quantitative estimate of drug-likeness (QED) is 0.764. The summed E-state index contributed by atoms with van der Waals surface area (Å²) in [5.41, 5.74) is 0. The van der Waals surface area contributed by atoms with Crippen LogP contribution in [-0.4, -0.2) is 45.5 Å². The van der Waals surface area contributed by atoms with E-state index < -0.39 is 10.0 Å². The van der Waals surface area contributed by atoms with E-state index in [4.69, 9.17) is 4.74 Å². The molecule has 0 unspecified atom stereocenters. The summed E-state index contributed by atoms with van der Waals surface area (Å²) in [7, 11) is -3.44. The van der Waals surface area contributed by atoms with Gasteiger partial charge < -0.3 is 9.64 Å². The zero-order valence-electron chi connectivity index (χ0n) is 15.3. The van der Waals surface area contributed by atoms with E-state index in [1.165, 1.54) is 11.3 Å². The van der Waals surface area contributed by atoms with Crippen LogP contribution in [0.3, 0.4) is 0 Å². The number of hydrogen-bond donors (Lipinski definition) is 1. The first-order valence-electron chi connectivity index (χ1n) is 8.96. The fraction of sp³-hybridized carbons (Fsp3) is 0.421. The van der Waals surface area contributed by atoms with Crippen molar-refractivity contribution < 1.29 is 17.9 Å². The van der Waals surface area contributed by atoms with E-state index in [0.29, 0.717) is 29.6 Å². The molecule has 146 valence electrons. The van der Waals surface area contributed by atoms with Crippen LogP contribution in [0.1, 0.15) is 17.7 Å². The molecule has 1 aliphatic heterocycles. The largest absolute Gasteiger partial charge is 0.484 e. The van der Waals surface area contributed by atoms with Crippen molar-refractivity contribution >= 4 is 27.3 Å². The Labute approximate surface area is 164 Å². The van der Waals surface area contributed by atoms with Crippen molar-refractivity contribution in [3.63, 3.8) is 0 Å². The average molecular weight is 409 g/mol. The number of carbonyl (C=O) groups is 1. The second-order valence-corrected chi connectivity index (χ2v) is 9.92. The zero-order valence-corrected chi connectivity index (χ0v) is 16.9. The van der Waals surface area contributed by atoms with Gasteiger partial charge in [0, 0.05) is 24.5 Å². The number of para-hydroxylation sites is 1. The number of nitrogens with zero attached hydrogens (tertiary/aromatic N) is 1. The number of ether oxygens (including phenoxy) is 1. The Morgan fingerprint density at radius 2 is 1.89 bits per heavy atom. The van der Waals surface area contributed by atoms with Crippen LogP contribution in [0, 0.1) is 12.8 Å². The van der Waals surface area contributed by atoms with Crippen LogP contribution in [0.15, 0.2) is 46.7 Å². The Bertz CT molecular complexity index is 857. The minimum atomic E-state index is -3.44. The average Bonchev–Trinajstić information content (AvgIpc) is 3.13. The van der Waals surface area contributed by atoms with Crippen molar-refractivity contribution in [2.24, 2.45) is 5.92 Å². The predicted molar refractivity (Wildman–Crippen MR) is 105 cm³/mol. The summed E-state index contributed by atoms with van der Waals surface area (Å²) in [6, 6.07) is 12.7. The summed E-state index contributed by atoms with van der Waals surface area (Å²) < 4.78 is 33.2. The number of rotatable bonds is 7. The van der Waals surface area contributed by atoms with Crippen molar-refractivity contribution in [2.45, 2.75) is 24.0 Å². The molecule has 1 saturated heterocycles. The first kappa shape index (κ1) is 19.9. The van der Waals surface area contributed by atoms with Gasteiger partial charge in [0.1, 0.15) is 9.96 Å². The fourth-order valence-corrected chi connectivity index (χ4v) is 5.44. The van der Waals surface area contributed by atoms with Crippen LogP contribution in [0.25, 0.3) is 0 Å². The van der Waals surface area contributed by atoms with E-state index in [-0.39, 0.29) is 18.4 Å². The SMILES string of the molecule is Cc1ccc(S(=O)(=O)NCC2CCN(C(=O)COc3ccccc3)CC2)s1. The highest BCUT2D eigenvalue weighted by Gasteiger charge is 2.25. The molecule has 1 fully saturated rings. The zero-order chi connectivity index (χ0) is 19.3. The molecule has 0 atom stereocenters. The van der Waals surface area contributed by atoms with Crippen LogP contribution in [0.2, 0.25) is 0 Å². The van der Waals surface area contributed by atoms with Crippen LogP contribution in [0.5, 0.6) is 5.75 Å². The van der Waals surface area contributed by atoms with Crippen molar-refractivity contribution in [3.8, 4) is 5.75 Å². The molecule has 0 bridgehead atoms. The van der Waals surface area contributed by atoms with Gasteiger partial charge in [-0.3, -0.25) is 4.79 Å². The Morgan fingerprint density at radius 1 is 1.19 bits per heavy atom. The Balaban J connectivity index is 1.41. The van der Waals surface area contributed by atoms with Crippen molar-refractivity contribution in [3.05, 3.63) is 47.3 Å². The molecule has 0 aliphatic carbocycles. The molecule has 1 aliphatic rings. The lowest BCUT2D eigenvalue weighted by Gasteiger charge is -2.32. The number of thiophene rings is 1. The van der Waals surface area contributed by atoms with Gasteiger partial charge in [-0.05, 0) is 49.9 Å². The maximum Gasteiger partial charge on any atom is 0.260 e. The Morgan fingerprint density at radius 3 is 2.52 bits per heavy atom. The molecule has 0 radical (unpaired) electrons.